The number of piperidine rings is 1. The Balaban J connectivity index is 1.84. The van der Waals surface area contributed by atoms with Crippen LogP contribution in [0.4, 0.5) is 0 Å². The molecule has 7 nitrogen and oxygen atoms in total. The summed E-state index contributed by atoms with van der Waals surface area (Å²) in [6.07, 6.45) is 0.961. The third kappa shape index (κ3) is 6.41. The number of carbonyl (C=O) groups is 1. The minimum absolute atomic E-state index is 0.0383. The number of β-amino-alcohol motifs (C(OH)–C–C–N with tert-alkyl or cyclic N) is 1. The lowest BCUT2D eigenvalue weighted by atomic mass is 10.1. The first kappa shape index (κ1) is 20.9. The Morgan fingerprint density at radius 1 is 1.42 bits per heavy atom. The molecule has 1 amide bonds. The fourth-order valence-electron chi connectivity index (χ4n) is 2.85. The van der Waals surface area contributed by atoms with Crippen molar-refractivity contribution >= 4 is 17.5 Å². The van der Waals surface area contributed by atoms with E-state index in [1.807, 2.05) is 0 Å². The van der Waals surface area contributed by atoms with Crippen LogP contribution in [0.25, 0.3) is 0 Å². The molecule has 1 atom stereocenters. The predicted octanol–water partition coefficient (Wildman–Crippen LogP) is 0.913. The van der Waals surface area contributed by atoms with Gasteiger partial charge < -0.3 is 29.9 Å². The summed E-state index contributed by atoms with van der Waals surface area (Å²) in [6.45, 7) is 2.72. The van der Waals surface area contributed by atoms with E-state index >= 15 is 0 Å². The average molecular weight is 387 g/mol. The molecular weight excluding hydrogens is 360 g/mol. The summed E-state index contributed by atoms with van der Waals surface area (Å²) in [6, 6.07) is 5.01. The third-order valence-corrected chi connectivity index (χ3v) is 4.59. The van der Waals surface area contributed by atoms with E-state index in [0.717, 1.165) is 25.9 Å². The Bertz CT molecular complexity index is 579. The number of ether oxygens (including phenoxy) is 2. The quantitative estimate of drug-likeness (QED) is 0.546. The Labute approximate surface area is 158 Å². The summed E-state index contributed by atoms with van der Waals surface area (Å²) < 4.78 is 10.9. The highest BCUT2D eigenvalue weighted by molar-refractivity contribution is 6.32. The summed E-state index contributed by atoms with van der Waals surface area (Å²) in [5, 5.41) is 21.6. The molecule has 26 heavy (non-hydrogen) atoms. The molecule has 1 aromatic carbocycles. The van der Waals surface area contributed by atoms with Gasteiger partial charge in [-0.25, -0.2) is 0 Å². The van der Waals surface area contributed by atoms with Crippen molar-refractivity contribution in [1.29, 1.82) is 0 Å². The van der Waals surface area contributed by atoms with Crippen LogP contribution in [0.15, 0.2) is 18.2 Å². The van der Waals surface area contributed by atoms with Crippen molar-refractivity contribution in [1.82, 2.24) is 10.2 Å². The number of rotatable bonds is 9. The predicted molar refractivity (Wildman–Crippen MR) is 98.8 cm³/mol. The highest BCUT2D eigenvalue weighted by Gasteiger charge is 2.23. The van der Waals surface area contributed by atoms with Gasteiger partial charge in [-0.15, -0.1) is 0 Å². The number of hydrogen-bond donors (Lipinski definition) is 3. The van der Waals surface area contributed by atoms with Crippen molar-refractivity contribution < 1.29 is 24.5 Å². The van der Waals surface area contributed by atoms with E-state index in [-0.39, 0.29) is 18.6 Å². The Morgan fingerprint density at radius 2 is 2.15 bits per heavy atom. The summed E-state index contributed by atoms with van der Waals surface area (Å²) in [4.78, 5) is 14.1. The molecule has 0 aromatic heterocycles. The Morgan fingerprint density at radius 3 is 2.77 bits per heavy atom. The molecule has 0 aliphatic carbocycles. The molecular formula is C18H27ClN2O5. The lowest BCUT2D eigenvalue weighted by Crippen LogP contribution is -2.42. The van der Waals surface area contributed by atoms with Gasteiger partial charge in [0.2, 0.25) is 0 Å². The summed E-state index contributed by atoms with van der Waals surface area (Å²) in [5.74, 6) is 0.361. The van der Waals surface area contributed by atoms with Crippen LogP contribution in [0.5, 0.6) is 5.75 Å². The molecule has 1 aliphatic rings. The summed E-state index contributed by atoms with van der Waals surface area (Å²) in [7, 11) is 1.58. The number of carbonyl (C=O) groups excluding carboxylic acids is 1. The maximum atomic E-state index is 12.0. The van der Waals surface area contributed by atoms with Gasteiger partial charge in [-0.3, -0.25) is 4.79 Å². The summed E-state index contributed by atoms with van der Waals surface area (Å²) >= 11 is 6.27. The number of aliphatic hydroxyl groups is 2. The van der Waals surface area contributed by atoms with Crippen LogP contribution >= 0.6 is 11.6 Å². The SMILES string of the molecule is COCCNC(=O)c1ccc(OC2CCN(CC(O)CO)CC2)c(Cl)c1. The van der Waals surface area contributed by atoms with Gasteiger partial charge in [-0.2, -0.15) is 0 Å². The number of benzene rings is 1. The monoisotopic (exact) mass is 386 g/mol. The lowest BCUT2D eigenvalue weighted by Gasteiger charge is -2.33. The number of likely N-dealkylation sites (tertiary alicyclic amines) is 1. The highest BCUT2D eigenvalue weighted by atomic mass is 35.5. The van der Waals surface area contributed by atoms with Crippen LogP contribution in [-0.4, -0.2) is 79.7 Å². The fourth-order valence-corrected chi connectivity index (χ4v) is 3.08. The maximum absolute atomic E-state index is 12.0. The molecule has 146 valence electrons. The molecule has 1 unspecified atom stereocenters. The van der Waals surface area contributed by atoms with Crippen molar-refractivity contribution in [3.05, 3.63) is 28.8 Å². The Hall–Kier alpha value is -1.38. The van der Waals surface area contributed by atoms with Crippen molar-refractivity contribution in [3.8, 4) is 5.75 Å². The van der Waals surface area contributed by atoms with Gasteiger partial charge in [-0.05, 0) is 31.0 Å². The van der Waals surface area contributed by atoms with Gasteiger partial charge in [0.15, 0.2) is 0 Å². The van der Waals surface area contributed by atoms with E-state index in [0.29, 0.717) is 36.0 Å². The number of hydrogen-bond acceptors (Lipinski definition) is 6. The first-order chi connectivity index (χ1) is 12.5. The van der Waals surface area contributed by atoms with E-state index in [2.05, 4.69) is 10.2 Å². The second-order valence-corrected chi connectivity index (χ2v) is 6.76. The van der Waals surface area contributed by atoms with E-state index in [1.54, 1.807) is 25.3 Å². The number of amides is 1. The molecule has 1 saturated heterocycles. The van der Waals surface area contributed by atoms with E-state index < -0.39 is 6.10 Å². The van der Waals surface area contributed by atoms with Crippen LogP contribution in [-0.2, 0) is 4.74 Å². The van der Waals surface area contributed by atoms with Gasteiger partial charge >= 0.3 is 0 Å². The van der Waals surface area contributed by atoms with Gasteiger partial charge in [0.1, 0.15) is 11.9 Å². The molecule has 1 aromatic rings. The molecule has 3 N–H and O–H groups in total. The number of nitrogens with zero attached hydrogens (tertiary/aromatic N) is 1. The normalized spacial score (nSPS) is 17.1. The molecule has 1 heterocycles. The van der Waals surface area contributed by atoms with Gasteiger partial charge in [0.25, 0.3) is 5.91 Å². The van der Waals surface area contributed by atoms with Gasteiger partial charge in [0, 0.05) is 38.9 Å². The zero-order chi connectivity index (χ0) is 18.9. The van der Waals surface area contributed by atoms with Crippen molar-refractivity contribution in [2.24, 2.45) is 0 Å². The van der Waals surface area contributed by atoms with Gasteiger partial charge in [-0.1, -0.05) is 11.6 Å². The third-order valence-electron chi connectivity index (χ3n) is 4.29. The minimum atomic E-state index is -0.704. The first-order valence-corrected chi connectivity index (χ1v) is 9.16. The second kappa shape index (κ2) is 10.7. The molecule has 1 fully saturated rings. The first-order valence-electron chi connectivity index (χ1n) is 8.78. The van der Waals surface area contributed by atoms with E-state index in [9.17, 15) is 9.90 Å². The van der Waals surface area contributed by atoms with Crippen LogP contribution in [0, 0.1) is 0 Å². The molecule has 0 spiro atoms. The lowest BCUT2D eigenvalue weighted by molar-refractivity contribution is 0.0346. The summed E-state index contributed by atoms with van der Waals surface area (Å²) in [5.41, 5.74) is 0.478. The molecule has 8 heteroatoms. The molecule has 0 bridgehead atoms. The number of halogens is 1. The molecule has 2 rings (SSSR count). The number of methoxy groups -OCH3 is 1. The largest absolute Gasteiger partial charge is 0.489 e. The van der Waals surface area contributed by atoms with Crippen LogP contribution in [0.2, 0.25) is 5.02 Å². The van der Waals surface area contributed by atoms with Crippen LogP contribution < -0.4 is 10.1 Å². The molecule has 0 radical (unpaired) electrons. The molecule has 1 aliphatic heterocycles. The number of aliphatic hydroxyl groups excluding tert-OH is 2. The zero-order valence-electron chi connectivity index (χ0n) is 15.0. The van der Waals surface area contributed by atoms with Crippen LogP contribution in [0.1, 0.15) is 23.2 Å². The average Bonchev–Trinajstić information content (AvgIpc) is 2.64. The van der Waals surface area contributed by atoms with Crippen molar-refractivity contribution in [3.63, 3.8) is 0 Å². The zero-order valence-corrected chi connectivity index (χ0v) is 15.7. The Kier molecular flexibility index (Phi) is 8.61. The van der Waals surface area contributed by atoms with Crippen molar-refractivity contribution in [2.45, 2.75) is 25.0 Å². The van der Waals surface area contributed by atoms with E-state index in [1.165, 1.54) is 0 Å². The molecule has 0 saturated carbocycles. The van der Waals surface area contributed by atoms with E-state index in [4.69, 9.17) is 26.2 Å². The van der Waals surface area contributed by atoms with Crippen molar-refractivity contribution in [2.75, 3.05) is 46.5 Å². The maximum Gasteiger partial charge on any atom is 0.251 e. The smallest absolute Gasteiger partial charge is 0.251 e. The number of nitrogens with one attached hydrogen (secondary N) is 1. The fraction of sp³-hybridized carbons (Fsp3) is 0.611. The van der Waals surface area contributed by atoms with Crippen LogP contribution in [0.3, 0.4) is 0 Å². The highest BCUT2D eigenvalue weighted by Crippen LogP contribution is 2.28. The topological polar surface area (TPSA) is 91.3 Å². The second-order valence-electron chi connectivity index (χ2n) is 6.35. The van der Waals surface area contributed by atoms with Gasteiger partial charge in [0.05, 0.1) is 24.3 Å². The minimum Gasteiger partial charge on any atom is -0.489 e. The standard InChI is InChI=1S/C18H27ClN2O5/c1-25-9-6-20-18(24)13-2-3-17(16(19)10-13)26-15-4-7-21(8-5-15)11-14(23)12-22/h2-3,10,14-15,22-23H,4-9,11-12H2,1H3,(H,20,24).